The van der Waals surface area contributed by atoms with Crippen LogP contribution in [0.2, 0.25) is 5.02 Å². The van der Waals surface area contributed by atoms with E-state index in [1.165, 1.54) is 12.1 Å². The largest absolute Gasteiger partial charge is 0.492 e. The zero-order chi connectivity index (χ0) is 25.6. The number of anilines is 1. The van der Waals surface area contributed by atoms with Crippen molar-refractivity contribution in [1.29, 1.82) is 0 Å². The molecule has 1 unspecified atom stereocenters. The van der Waals surface area contributed by atoms with Crippen molar-refractivity contribution < 1.29 is 28.2 Å². The highest BCUT2D eigenvalue weighted by Crippen LogP contribution is 2.40. The molecule has 5 rings (SSSR count). The first-order valence-electron chi connectivity index (χ1n) is 10.9. The van der Waals surface area contributed by atoms with E-state index in [2.05, 4.69) is 15.2 Å². The first-order valence-corrected chi connectivity index (χ1v) is 12.1. The number of hydrogen-bond donors (Lipinski definition) is 2. The average molecular weight is 535 g/mol. The highest BCUT2D eigenvalue weighted by molar-refractivity contribution is 7.17. The van der Waals surface area contributed by atoms with Gasteiger partial charge in [0.1, 0.15) is 0 Å². The number of rotatable bonds is 5. The summed E-state index contributed by atoms with van der Waals surface area (Å²) in [5.41, 5.74) is 0.256. The third-order valence-corrected chi connectivity index (χ3v) is 7.56. The van der Waals surface area contributed by atoms with Crippen LogP contribution in [0.5, 0.6) is 5.88 Å². The number of aromatic nitrogens is 1. The van der Waals surface area contributed by atoms with Crippen molar-refractivity contribution in [3.63, 3.8) is 0 Å². The van der Waals surface area contributed by atoms with Crippen molar-refractivity contribution in [3.05, 3.63) is 73.6 Å². The van der Waals surface area contributed by atoms with Gasteiger partial charge in [-0.2, -0.15) is 28.4 Å². The predicted molar refractivity (Wildman–Crippen MR) is 129 cm³/mol. The normalized spacial score (nSPS) is 17.8. The predicted octanol–water partition coefficient (Wildman–Crippen LogP) is 3.84. The number of carbonyl (C=O) groups is 1. The Morgan fingerprint density at radius 3 is 2.75 bits per heavy atom. The Kier molecular flexibility index (Phi) is 6.21. The zero-order valence-electron chi connectivity index (χ0n) is 18.5. The van der Waals surface area contributed by atoms with Gasteiger partial charge in [0.15, 0.2) is 5.13 Å². The van der Waals surface area contributed by atoms with E-state index in [0.717, 1.165) is 17.4 Å². The molecule has 7 nitrogen and oxygen atoms in total. The molecule has 12 heteroatoms. The van der Waals surface area contributed by atoms with E-state index in [0.29, 0.717) is 44.7 Å². The van der Waals surface area contributed by atoms with E-state index in [9.17, 15) is 28.2 Å². The Hall–Kier alpha value is -3.44. The maximum absolute atomic E-state index is 13.8. The van der Waals surface area contributed by atoms with Gasteiger partial charge in [-0.25, -0.2) is 0 Å². The Morgan fingerprint density at radius 1 is 1.22 bits per heavy atom. The smallest absolute Gasteiger partial charge is 0.416 e. The third-order valence-electron chi connectivity index (χ3n) is 6.16. The van der Waals surface area contributed by atoms with Crippen LogP contribution in [0.25, 0.3) is 5.57 Å². The van der Waals surface area contributed by atoms with E-state index in [1.807, 2.05) is 0 Å². The fourth-order valence-corrected chi connectivity index (χ4v) is 5.56. The summed E-state index contributed by atoms with van der Waals surface area (Å²) < 4.78 is 41.5. The number of carboxylic acids is 1. The van der Waals surface area contributed by atoms with E-state index in [-0.39, 0.29) is 29.4 Å². The molecule has 0 spiro atoms. The lowest BCUT2D eigenvalue weighted by atomic mass is 9.96. The Labute approximate surface area is 211 Å². The summed E-state index contributed by atoms with van der Waals surface area (Å²) in [5, 5.41) is 29.6. The monoisotopic (exact) mass is 534 g/mol. The number of halogens is 4. The molecule has 2 aliphatic heterocycles. The molecule has 1 fully saturated rings. The highest BCUT2D eigenvalue weighted by atomic mass is 35.5. The van der Waals surface area contributed by atoms with Crippen LogP contribution in [0.1, 0.15) is 28.0 Å². The van der Waals surface area contributed by atoms with Gasteiger partial charge in [-0.15, -0.1) is 0 Å². The molecule has 0 radical (unpaired) electrons. The van der Waals surface area contributed by atoms with Gasteiger partial charge in [0.05, 0.1) is 27.9 Å². The number of alkyl halides is 3. The number of fused-ring (bicyclic) bond motifs is 1. The molecule has 0 bridgehead atoms. The van der Waals surface area contributed by atoms with Gasteiger partial charge >= 0.3 is 12.1 Å². The second-order valence-electron chi connectivity index (χ2n) is 8.49. The Bertz CT molecular complexity index is 1520. The van der Waals surface area contributed by atoms with Gasteiger partial charge in [-0.1, -0.05) is 35.1 Å². The topological polar surface area (TPSA) is 98.4 Å². The van der Waals surface area contributed by atoms with Gasteiger partial charge in [0.25, 0.3) is 0 Å². The first kappa shape index (κ1) is 24.3. The van der Waals surface area contributed by atoms with Gasteiger partial charge in [-0.05, 0) is 47.0 Å². The van der Waals surface area contributed by atoms with E-state index in [1.54, 1.807) is 29.3 Å². The summed E-state index contributed by atoms with van der Waals surface area (Å²) in [6, 6.07) is 8.78. The van der Waals surface area contributed by atoms with Gasteiger partial charge in [0.2, 0.25) is 5.88 Å². The minimum atomic E-state index is -4.63. The summed E-state index contributed by atoms with van der Waals surface area (Å²) in [6.45, 7) is 0.689. The number of carboxylic acid groups (broad SMARTS) is 1. The van der Waals surface area contributed by atoms with Crippen molar-refractivity contribution in [2.45, 2.75) is 19.0 Å². The summed E-state index contributed by atoms with van der Waals surface area (Å²) in [7, 11) is 0. The molecule has 1 saturated heterocycles. The van der Waals surface area contributed by atoms with Crippen LogP contribution in [0.3, 0.4) is 0 Å². The number of hydrogen-bond acceptors (Lipinski definition) is 7. The van der Waals surface area contributed by atoms with E-state index in [4.69, 9.17) is 11.6 Å². The molecule has 0 aliphatic carbocycles. The van der Waals surface area contributed by atoms with Crippen LogP contribution in [-0.2, 0) is 17.4 Å². The Balaban J connectivity index is 1.64. The van der Waals surface area contributed by atoms with E-state index < -0.39 is 23.6 Å². The van der Waals surface area contributed by atoms with Crippen molar-refractivity contribution in [2.24, 2.45) is 16.1 Å². The number of benzene rings is 2. The molecule has 3 heterocycles. The minimum Gasteiger partial charge on any atom is -0.492 e. The van der Waals surface area contributed by atoms with Crippen LogP contribution in [0.15, 0.2) is 46.6 Å². The summed E-state index contributed by atoms with van der Waals surface area (Å²) in [6.07, 6.45) is -2.80. The van der Waals surface area contributed by atoms with Crippen LogP contribution in [-0.4, -0.2) is 40.5 Å². The van der Waals surface area contributed by atoms with Crippen molar-refractivity contribution in [1.82, 2.24) is 4.98 Å². The van der Waals surface area contributed by atoms with Crippen LogP contribution in [0.4, 0.5) is 18.3 Å². The van der Waals surface area contributed by atoms with E-state index >= 15 is 0 Å². The first-order chi connectivity index (χ1) is 17.1. The molecule has 2 aliphatic rings. The van der Waals surface area contributed by atoms with Crippen molar-refractivity contribution in [2.75, 3.05) is 18.0 Å². The van der Waals surface area contributed by atoms with Crippen LogP contribution >= 0.6 is 22.9 Å². The lowest BCUT2D eigenvalue weighted by molar-refractivity contribution is -0.141. The van der Waals surface area contributed by atoms with Crippen molar-refractivity contribution >= 4 is 45.8 Å². The fraction of sp³-hybridized carbons (Fsp3) is 0.250. The second kappa shape index (κ2) is 9.21. The molecular formula is C24H18ClF3N4O3S. The molecule has 1 aromatic heterocycles. The molecule has 2 aromatic carbocycles. The number of thiazole rings is 1. The van der Waals surface area contributed by atoms with Crippen LogP contribution in [0, 0.1) is 5.92 Å². The minimum absolute atomic E-state index is 0.0118. The number of aromatic hydroxyl groups is 1. The average Bonchev–Trinajstić information content (AvgIpc) is 3.56. The van der Waals surface area contributed by atoms with Crippen LogP contribution < -0.4 is 15.5 Å². The summed E-state index contributed by atoms with van der Waals surface area (Å²) in [5.74, 6) is -1.78. The number of nitrogens with zero attached hydrogens (tertiary/aromatic N) is 4. The molecule has 3 aromatic rings. The fourth-order valence-electron chi connectivity index (χ4n) is 4.33. The quantitative estimate of drug-likeness (QED) is 0.518. The second-order valence-corrected chi connectivity index (χ2v) is 9.91. The van der Waals surface area contributed by atoms with Gasteiger partial charge < -0.3 is 15.1 Å². The molecule has 0 amide bonds. The number of aliphatic carboxylic acids is 1. The lowest BCUT2D eigenvalue weighted by Crippen LogP contribution is -2.22. The maximum atomic E-state index is 13.8. The maximum Gasteiger partial charge on any atom is 0.416 e. The van der Waals surface area contributed by atoms with Crippen molar-refractivity contribution in [3.8, 4) is 5.88 Å². The third kappa shape index (κ3) is 4.68. The highest BCUT2D eigenvalue weighted by Gasteiger charge is 2.35. The standard InChI is InChI=1S/C24H18ClF3N4O3S/c25-16-3-1-13(18(9-16)24(26,27)28)8-17(12-2-4-19-15(7-12)10-29-31-19)20-21(33)30-23(36-20)32-6-5-14(11-32)22(34)35/h1-4,7,9-10,14,33H,5-6,8,11H2,(H,34,35). The van der Waals surface area contributed by atoms with Gasteiger partial charge in [-0.3, -0.25) is 4.79 Å². The SMILES string of the molecule is O=C(O)C1CCN(c2nc(O)c(C(Cc3ccc(Cl)cc3C(F)(F)F)=c3ccc4c(c3)C=NN=4)s2)C1. The lowest BCUT2D eigenvalue weighted by Gasteiger charge is -2.15. The molecule has 36 heavy (non-hydrogen) atoms. The summed E-state index contributed by atoms with van der Waals surface area (Å²) in [4.78, 5) is 17.7. The molecule has 2 N–H and O–H groups in total. The zero-order valence-corrected chi connectivity index (χ0v) is 20.0. The molecule has 186 valence electrons. The summed E-state index contributed by atoms with van der Waals surface area (Å²) >= 11 is 6.98. The van der Waals surface area contributed by atoms with Gasteiger partial charge in [0, 0.05) is 30.1 Å². The Morgan fingerprint density at radius 2 is 2.03 bits per heavy atom. The molecule has 1 atom stereocenters. The molecular weight excluding hydrogens is 517 g/mol. The molecule has 0 saturated carbocycles.